The zero-order chi connectivity index (χ0) is 18.5. The molecule has 1 aromatic carbocycles. The van der Waals surface area contributed by atoms with Gasteiger partial charge in [0.2, 0.25) is 0 Å². The van der Waals surface area contributed by atoms with Crippen molar-refractivity contribution in [3.05, 3.63) is 22.2 Å². The fourth-order valence-electron chi connectivity index (χ4n) is 4.63. The van der Waals surface area contributed by atoms with Crippen LogP contribution in [0.25, 0.3) is 0 Å². The van der Waals surface area contributed by atoms with Gasteiger partial charge >= 0.3 is 6.09 Å². The second kappa shape index (κ2) is 6.67. The molecule has 2 saturated heterocycles. The van der Waals surface area contributed by atoms with E-state index in [1.165, 1.54) is 11.3 Å². The number of amides is 1. The highest BCUT2D eigenvalue weighted by molar-refractivity contribution is 9.10. The summed E-state index contributed by atoms with van der Waals surface area (Å²) in [6.07, 6.45) is 0.947. The van der Waals surface area contributed by atoms with E-state index in [2.05, 4.69) is 52.2 Å². The Morgan fingerprint density at radius 2 is 2.04 bits per heavy atom. The van der Waals surface area contributed by atoms with Crippen LogP contribution >= 0.6 is 15.9 Å². The quantitative estimate of drug-likeness (QED) is 0.784. The summed E-state index contributed by atoms with van der Waals surface area (Å²) in [7, 11) is 4.30. The molecule has 0 radical (unpaired) electrons. The van der Waals surface area contributed by atoms with Crippen LogP contribution in [-0.2, 0) is 10.2 Å². The fourth-order valence-corrected chi connectivity index (χ4v) is 5.35. The van der Waals surface area contributed by atoms with Crippen LogP contribution in [-0.4, -0.2) is 69.1 Å². The SMILES string of the molecule is CN1CC[C@@]2(C)c3cc(OC(=O)NN4CCOCC4)cc(Br)c3N(C)[C@@H]12. The molecule has 1 amide bonds. The van der Waals surface area contributed by atoms with E-state index in [0.29, 0.717) is 38.2 Å². The molecular formula is C18H25BrN4O3. The summed E-state index contributed by atoms with van der Waals surface area (Å²) in [6.45, 7) is 5.92. The van der Waals surface area contributed by atoms with Crippen LogP contribution in [0.2, 0.25) is 0 Å². The van der Waals surface area contributed by atoms with E-state index in [1.54, 1.807) is 0 Å². The number of nitrogens with zero attached hydrogens (tertiary/aromatic N) is 3. The highest BCUT2D eigenvalue weighted by Gasteiger charge is 2.53. The topological polar surface area (TPSA) is 57.3 Å². The molecule has 0 aliphatic carbocycles. The number of halogens is 1. The molecule has 8 heteroatoms. The Hall–Kier alpha value is -1.35. The highest BCUT2D eigenvalue weighted by Crippen LogP contribution is 2.54. The van der Waals surface area contributed by atoms with Gasteiger partial charge in [-0.1, -0.05) is 6.92 Å². The van der Waals surface area contributed by atoms with E-state index in [9.17, 15) is 4.79 Å². The summed E-state index contributed by atoms with van der Waals surface area (Å²) in [5, 5.41) is 1.82. The van der Waals surface area contributed by atoms with E-state index < -0.39 is 6.09 Å². The predicted octanol–water partition coefficient (Wildman–Crippen LogP) is 2.15. The number of carbonyl (C=O) groups excluding carboxylic acids is 1. The van der Waals surface area contributed by atoms with Crippen LogP contribution in [0.4, 0.5) is 10.5 Å². The number of hydrogen-bond acceptors (Lipinski definition) is 6. The van der Waals surface area contributed by atoms with E-state index in [-0.39, 0.29) is 5.41 Å². The van der Waals surface area contributed by atoms with Crippen LogP contribution in [0.3, 0.4) is 0 Å². The minimum Gasteiger partial charge on any atom is -0.409 e. The van der Waals surface area contributed by atoms with Crippen LogP contribution in [0.5, 0.6) is 5.75 Å². The molecule has 0 unspecified atom stereocenters. The van der Waals surface area contributed by atoms with Crippen molar-refractivity contribution < 1.29 is 14.3 Å². The van der Waals surface area contributed by atoms with Gasteiger partial charge in [-0.3, -0.25) is 10.3 Å². The molecular weight excluding hydrogens is 400 g/mol. The zero-order valence-electron chi connectivity index (χ0n) is 15.4. The van der Waals surface area contributed by atoms with Gasteiger partial charge in [0.25, 0.3) is 0 Å². The van der Waals surface area contributed by atoms with Crippen molar-refractivity contribution in [3.8, 4) is 5.75 Å². The van der Waals surface area contributed by atoms with Crippen molar-refractivity contribution in [2.75, 3.05) is 51.8 Å². The number of fused-ring (bicyclic) bond motifs is 3. The third-order valence-electron chi connectivity index (χ3n) is 5.81. The van der Waals surface area contributed by atoms with Gasteiger partial charge in [0, 0.05) is 36.6 Å². The maximum Gasteiger partial charge on any atom is 0.427 e. The summed E-state index contributed by atoms with van der Waals surface area (Å²) in [5.74, 6) is 0.561. The molecule has 1 N–H and O–H groups in total. The molecule has 2 fully saturated rings. The number of anilines is 1. The molecule has 2 atom stereocenters. The van der Waals surface area contributed by atoms with E-state index in [1.807, 2.05) is 17.1 Å². The first-order chi connectivity index (χ1) is 12.4. The molecule has 26 heavy (non-hydrogen) atoms. The zero-order valence-corrected chi connectivity index (χ0v) is 17.0. The van der Waals surface area contributed by atoms with E-state index in [0.717, 1.165) is 17.4 Å². The lowest BCUT2D eigenvalue weighted by atomic mass is 9.81. The van der Waals surface area contributed by atoms with Gasteiger partial charge in [0.05, 0.1) is 25.1 Å². The number of carbonyl (C=O) groups is 1. The average Bonchev–Trinajstić information content (AvgIpc) is 3.01. The van der Waals surface area contributed by atoms with Crippen molar-refractivity contribution in [2.45, 2.75) is 24.9 Å². The largest absolute Gasteiger partial charge is 0.427 e. The van der Waals surface area contributed by atoms with Gasteiger partial charge in [-0.25, -0.2) is 9.80 Å². The second-order valence-corrected chi connectivity index (χ2v) is 8.39. The summed E-state index contributed by atoms with van der Waals surface area (Å²) < 4.78 is 11.8. The summed E-state index contributed by atoms with van der Waals surface area (Å²) >= 11 is 3.68. The Morgan fingerprint density at radius 3 is 2.77 bits per heavy atom. The van der Waals surface area contributed by atoms with Crippen molar-refractivity contribution in [1.29, 1.82) is 0 Å². The average molecular weight is 425 g/mol. The number of likely N-dealkylation sites (tertiary alicyclic amines) is 1. The highest BCUT2D eigenvalue weighted by atomic mass is 79.9. The number of benzene rings is 1. The molecule has 0 aromatic heterocycles. The summed E-state index contributed by atoms with van der Waals surface area (Å²) in [4.78, 5) is 17.0. The number of rotatable bonds is 2. The van der Waals surface area contributed by atoms with Gasteiger partial charge in [-0.05, 0) is 47.1 Å². The Kier molecular flexibility index (Phi) is 4.63. The number of hydrazine groups is 1. The standard InChI is InChI=1S/C18H25BrN4O3/c1-18-4-5-21(2)16(18)22(3)15-13(18)10-12(11-14(15)19)26-17(24)20-23-6-8-25-9-7-23/h10-11,16H,4-9H2,1-3H3,(H,20,24)/t16-,18+/m1/s1. The molecule has 4 rings (SSSR count). The van der Waals surface area contributed by atoms with Gasteiger partial charge in [-0.15, -0.1) is 0 Å². The first-order valence-corrected chi connectivity index (χ1v) is 9.78. The fraction of sp³-hybridized carbons (Fsp3) is 0.611. The van der Waals surface area contributed by atoms with Crippen LogP contribution in [0.1, 0.15) is 18.9 Å². The van der Waals surface area contributed by atoms with Gasteiger partial charge in [-0.2, -0.15) is 0 Å². The molecule has 7 nitrogen and oxygen atoms in total. The van der Waals surface area contributed by atoms with Crippen molar-refractivity contribution in [2.24, 2.45) is 0 Å². The third kappa shape index (κ3) is 2.89. The lowest BCUT2D eigenvalue weighted by Gasteiger charge is -2.32. The first-order valence-electron chi connectivity index (χ1n) is 8.98. The smallest absolute Gasteiger partial charge is 0.409 e. The summed E-state index contributed by atoms with van der Waals surface area (Å²) in [6, 6.07) is 3.90. The first kappa shape index (κ1) is 18.0. The Labute approximate surface area is 162 Å². The molecule has 142 valence electrons. The lowest BCUT2D eigenvalue weighted by molar-refractivity contribution is 0.0153. The van der Waals surface area contributed by atoms with Gasteiger partial charge in [0.1, 0.15) is 5.75 Å². The van der Waals surface area contributed by atoms with Crippen molar-refractivity contribution in [3.63, 3.8) is 0 Å². The number of morpholine rings is 1. The molecule has 0 bridgehead atoms. The van der Waals surface area contributed by atoms with Gasteiger partial charge < -0.3 is 14.4 Å². The minimum atomic E-state index is -0.463. The van der Waals surface area contributed by atoms with E-state index >= 15 is 0 Å². The molecule has 3 aliphatic heterocycles. The molecule has 3 heterocycles. The second-order valence-electron chi connectivity index (χ2n) is 7.53. The van der Waals surface area contributed by atoms with Crippen LogP contribution < -0.4 is 15.1 Å². The maximum atomic E-state index is 12.3. The van der Waals surface area contributed by atoms with Crippen LogP contribution in [0.15, 0.2) is 16.6 Å². The number of nitrogens with one attached hydrogen (secondary N) is 1. The number of likely N-dealkylation sites (N-methyl/N-ethyl adjacent to an activating group) is 2. The predicted molar refractivity (Wildman–Crippen MR) is 102 cm³/mol. The molecule has 0 saturated carbocycles. The van der Waals surface area contributed by atoms with Crippen molar-refractivity contribution >= 4 is 27.7 Å². The van der Waals surface area contributed by atoms with Crippen molar-refractivity contribution in [1.82, 2.24) is 15.3 Å². The Morgan fingerprint density at radius 1 is 1.31 bits per heavy atom. The molecule has 3 aliphatic rings. The lowest BCUT2D eigenvalue weighted by Crippen LogP contribution is -2.49. The number of ether oxygens (including phenoxy) is 2. The number of hydrogen-bond donors (Lipinski definition) is 1. The third-order valence-corrected chi connectivity index (χ3v) is 6.42. The molecule has 0 spiro atoms. The normalized spacial score (nSPS) is 28.8. The van der Waals surface area contributed by atoms with Crippen LogP contribution in [0, 0.1) is 0 Å². The van der Waals surface area contributed by atoms with E-state index in [4.69, 9.17) is 9.47 Å². The Bertz CT molecular complexity index is 725. The molecule has 1 aromatic rings. The monoisotopic (exact) mass is 424 g/mol. The maximum absolute atomic E-state index is 12.3. The minimum absolute atomic E-state index is 0.0292. The van der Waals surface area contributed by atoms with Gasteiger partial charge in [0.15, 0.2) is 0 Å². The summed E-state index contributed by atoms with van der Waals surface area (Å²) in [5.41, 5.74) is 5.23. The Balaban J connectivity index is 1.56.